The van der Waals surface area contributed by atoms with E-state index in [2.05, 4.69) is 5.32 Å². The first kappa shape index (κ1) is 16.0. The third-order valence-electron chi connectivity index (χ3n) is 3.38. The molecule has 108 valence electrons. The summed E-state index contributed by atoms with van der Waals surface area (Å²) in [5, 5.41) is 11.6. The number of carboxylic acid groups (broad SMARTS) is 1. The highest BCUT2D eigenvalue weighted by Crippen LogP contribution is 2.10. The van der Waals surface area contributed by atoms with Gasteiger partial charge in [0.2, 0.25) is 5.91 Å². The van der Waals surface area contributed by atoms with Crippen molar-refractivity contribution in [2.24, 2.45) is 5.92 Å². The molecule has 2 atom stereocenters. The first-order chi connectivity index (χ1) is 9.45. The van der Waals surface area contributed by atoms with Gasteiger partial charge in [0.15, 0.2) is 0 Å². The Morgan fingerprint density at radius 2 is 2.00 bits per heavy atom. The van der Waals surface area contributed by atoms with Crippen molar-refractivity contribution in [3.8, 4) is 0 Å². The molecule has 2 N–H and O–H groups in total. The Kier molecular flexibility index (Phi) is 5.97. The maximum Gasteiger partial charge on any atom is 0.326 e. The molecule has 0 fully saturated rings. The van der Waals surface area contributed by atoms with Gasteiger partial charge >= 0.3 is 5.97 Å². The highest BCUT2D eigenvalue weighted by atomic mass is 16.4. The molecule has 1 aromatic carbocycles. The van der Waals surface area contributed by atoms with E-state index in [4.69, 9.17) is 5.11 Å². The topological polar surface area (TPSA) is 66.4 Å². The van der Waals surface area contributed by atoms with Gasteiger partial charge in [-0.3, -0.25) is 4.79 Å². The Labute approximate surface area is 119 Å². The van der Waals surface area contributed by atoms with Crippen LogP contribution in [-0.4, -0.2) is 23.0 Å². The molecule has 1 amide bonds. The molecule has 4 heteroatoms. The Balaban J connectivity index is 2.71. The van der Waals surface area contributed by atoms with Crippen LogP contribution < -0.4 is 5.32 Å². The van der Waals surface area contributed by atoms with E-state index in [9.17, 15) is 9.59 Å². The van der Waals surface area contributed by atoms with E-state index >= 15 is 0 Å². The van der Waals surface area contributed by atoms with Crippen LogP contribution in [0.2, 0.25) is 0 Å². The molecule has 0 radical (unpaired) electrons. The summed E-state index contributed by atoms with van der Waals surface area (Å²) >= 11 is 0. The smallest absolute Gasteiger partial charge is 0.326 e. The van der Waals surface area contributed by atoms with Crippen molar-refractivity contribution in [2.45, 2.75) is 33.2 Å². The zero-order valence-corrected chi connectivity index (χ0v) is 12.1. The Morgan fingerprint density at radius 3 is 2.55 bits per heavy atom. The summed E-state index contributed by atoms with van der Waals surface area (Å²) in [5.74, 6) is -1.50. The van der Waals surface area contributed by atoms with E-state index in [1.54, 1.807) is 6.08 Å². The average molecular weight is 275 g/mol. The van der Waals surface area contributed by atoms with E-state index in [-0.39, 0.29) is 11.8 Å². The molecule has 0 unspecified atom stereocenters. The summed E-state index contributed by atoms with van der Waals surface area (Å²) in [5.41, 5.74) is 2.01. The molecule has 0 bridgehead atoms. The van der Waals surface area contributed by atoms with Crippen molar-refractivity contribution in [3.05, 3.63) is 41.5 Å². The fourth-order valence-corrected chi connectivity index (χ4v) is 1.82. The summed E-state index contributed by atoms with van der Waals surface area (Å²) in [4.78, 5) is 22.9. The number of carbonyl (C=O) groups is 2. The zero-order chi connectivity index (χ0) is 15.1. The predicted octanol–water partition coefficient (Wildman–Crippen LogP) is 2.62. The molecule has 20 heavy (non-hydrogen) atoms. The third kappa shape index (κ3) is 4.53. The summed E-state index contributed by atoms with van der Waals surface area (Å²) in [6.07, 6.45) is 3.76. The number of carboxylic acids is 1. The molecule has 0 saturated carbocycles. The number of carbonyl (C=O) groups excluding carboxylic acids is 1. The Bertz CT molecular complexity index is 508. The Morgan fingerprint density at radius 1 is 1.35 bits per heavy atom. The van der Waals surface area contributed by atoms with E-state index in [1.165, 1.54) is 6.08 Å². The van der Waals surface area contributed by atoms with Gasteiger partial charge < -0.3 is 10.4 Å². The van der Waals surface area contributed by atoms with Crippen LogP contribution in [0, 0.1) is 12.8 Å². The normalized spacial score (nSPS) is 13.9. The lowest BCUT2D eigenvalue weighted by Crippen LogP contribution is -2.44. The second-order valence-corrected chi connectivity index (χ2v) is 4.90. The minimum Gasteiger partial charge on any atom is -0.480 e. The SMILES string of the molecule is CC[C@H](C)[C@H](NC(=O)/C=C/c1ccccc1C)C(=O)O. The molecule has 0 aliphatic rings. The molecular formula is C16H21NO3. The number of hydrogen-bond donors (Lipinski definition) is 2. The molecule has 1 rings (SSSR count). The first-order valence-corrected chi connectivity index (χ1v) is 6.72. The van der Waals surface area contributed by atoms with Crippen LogP contribution in [-0.2, 0) is 9.59 Å². The second kappa shape index (κ2) is 7.48. The van der Waals surface area contributed by atoms with Gasteiger partial charge in [-0.05, 0) is 30.0 Å². The maximum atomic E-state index is 11.8. The van der Waals surface area contributed by atoms with Gasteiger partial charge in [0.05, 0.1) is 0 Å². The van der Waals surface area contributed by atoms with Gasteiger partial charge in [0.25, 0.3) is 0 Å². The van der Waals surface area contributed by atoms with Gasteiger partial charge in [-0.1, -0.05) is 44.5 Å². The van der Waals surface area contributed by atoms with Crippen molar-refractivity contribution in [2.75, 3.05) is 0 Å². The van der Waals surface area contributed by atoms with E-state index in [0.29, 0.717) is 6.42 Å². The molecule has 0 aromatic heterocycles. The molecule has 0 spiro atoms. The van der Waals surface area contributed by atoms with Crippen molar-refractivity contribution in [3.63, 3.8) is 0 Å². The fourth-order valence-electron chi connectivity index (χ4n) is 1.82. The van der Waals surface area contributed by atoms with Gasteiger partial charge in [0.1, 0.15) is 6.04 Å². The predicted molar refractivity (Wildman–Crippen MR) is 79.2 cm³/mol. The summed E-state index contributed by atoms with van der Waals surface area (Å²) in [6.45, 7) is 5.66. The number of amides is 1. The van der Waals surface area contributed by atoms with Gasteiger partial charge in [-0.2, -0.15) is 0 Å². The van der Waals surface area contributed by atoms with Gasteiger partial charge in [0, 0.05) is 6.08 Å². The minimum atomic E-state index is -1.00. The fraction of sp³-hybridized carbons (Fsp3) is 0.375. The summed E-state index contributed by atoms with van der Waals surface area (Å²) < 4.78 is 0. The number of rotatable bonds is 6. The molecule has 0 aliphatic carbocycles. The molecule has 1 aromatic rings. The lowest BCUT2D eigenvalue weighted by atomic mass is 9.99. The molecule has 4 nitrogen and oxygen atoms in total. The number of nitrogens with one attached hydrogen (secondary N) is 1. The van der Waals surface area contributed by atoms with Crippen LogP contribution in [0.15, 0.2) is 30.3 Å². The average Bonchev–Trinajstić information content (AvgIpc) is 2.42. The van der Waals surface area contributed by atoms with E-state index < -0.39 is 12.0 Å². The summed E-state index contributed by atoms with van der Waals surface area (Å²) in [6, 6.07) is 6.83. The monoisotopic (exact) mass is 275 g/mol. The number of aliphatic carboxylic acids is 1. The number of aryl methyl sites for hydroxylation is 1. The Hall–Kier alpha value is -2.10. The largest absolute Gasteiger partial charge is 0.480 e. The minimum absolute atomic E-state index is 0.108. The molecule has 0 aliphatic heterocycles. The van der Waals surface area contributed by atoms with E-state index in [1.807, 2.05) is 45.0 Å². The third-order valence-corrected chi connectivity index (χ3v) is 3.38. The molecular weight excluding hydrogens is 254 g/mol. The highest BCUT2D eigenvalue weighted by Gasteiger charge is 2.24. The lowest BCUT2D eigenvalue weighted by molar-refractivity contribution is -0.142. The van der Waals surface area contributed by atoms with Crippen molar-refractivity contribution in [1.82, 2.24) is 5.32 Å². The van der Waals surface area contributed by atoms with Crippen molar-refractivity contribution in [1.29, 1.82) is 0 Å². The van der Waals surface area contributed by atoms with Crippen LogP contribution in [0.4, 0.5) is 0 Å². The lowest BCUT2D eigenvalue weighted by Gasteiger charge is -2.19. The quantitative estimate of drug-likeness (QED) is 0.784. The molecule has 0 heterocycles. The number of hydrogen-bond acceptors (Lipinski definition) is 2. The van der Waals surface area contributed by atoms with Gasteiger partial charge in [-0.15, -0.1) is 0 Å². The van der Waals surface area contributed by atoms with Crippen molar-refractivity contribution < 1.29 is 14.7 Å². The highest BCUT2D eigenvalue weighted by molar-refractivity contribution is 5.94. The van der Waals surface area contributed by atoms with Crippen LogP contribution in [0.5, 0.6) is 0 Å². The zero-order valence-electron chi connectivity index (χ0n) is 12.1. The van der Waals surface area contributed by atoms with Crippen LogP contribution in [0.1, 0.15) is 31.4 Å². The van der Waals surface area contributed by atoms with Crippen LogP contribution in [0.3, 0.4) is 0 Å². The van der Waals surface area contributed by atoms with Crippen molar-refractivity contribution >= 4 is 18.0 Å². The van der Waals surface area contributed by atoms with Crippen LogP contribution >= 0.6 is 0 Å². The van der Waals surface area contributed by atoms with Gasteiger partial charge in [-0.25, -0.2) is 4.79 Å². The second-order valence-electron chi connectivity index (χ2n) is 4.90. The summed E-state index contributed by atoms with van der Waals surface area (Å²) in [7, 11) is 0. The van der Waals surface area contributed by atoms with Crippen LogP contribution in [0.25, 0.3) is 6.08 Å². The number of benzene rings is 1. The van der Waals surface area contributed by atoms with E-state index in [0.717, 1.165) is 11.1 Å². The maximum absolute atomic E-state index is 11.8. The molecule has 0 saturated heterocycles. The standard InChI is InChI=1S/C16H21NO3/c1-4-11(2)15(16(19)20)17-14(18)10-9-13-8-6-5-7-12(13)3/h5-11,15H,4H2,1-3H3,(H,17,18)(H,19,20)/b10-9+/t11-,15-/m0/s1. The first-order valence-electron chi connectivity index (χ1n) is 6.72.